The number of nitrogens with one attached hydrogen (secondary N) is 3. The van der Waals surface area contributed by atoms with Crippen LogP contribution in [0.5, 0.6) is 0 Å². The quantitative estimate of drug-likeness (QED) is 0.688. The van der Waals surface area contributed by atoms with Crippen molar-refractivity contribution in [2.45, 2.75) is 19.4 Å². The predicted octanol–water partition coefficient (Wildman–Crippen LogP) is 0.305. The lowest BCUT2D eigenvalue weighted by atomic mass is 10.1. The van der Waals surface area contributed by atoms with Gasteiger partial charge in [-0.25, -0.2) is 4.98 Å². The number of aryl methyl sites for hydroxylation is 1. The van der Waals surface area contributed by atoms with Crippen LogP contribution >= 0.6 is 0 Å². The molecule has 3 N–H and O–H groups in total. The van der Waals surface area contributed by atoms with Crippen molar-refractivity contribution in [3.8, 4) is 0 Å². The van der Waals surface area contributed by atoms with E-state index in [1.54, 1.807) is 19.1 Å². The number of hydrogen-bond donors (Lipinski definition) is 3. The van der Waals surface area contributed by atoms with Gasteiger partial charge in [-0.1, -0.05) is 6.07 Å². The van der Waals surface area contributed by atoms with Crippen LogP contribution in [0.2, 0.25) is 0 Å². The van der Waals surface area contributed by atoms with Crippen LogP contribution in [-0.2, 0) is 9.59 Å². The van der Waals surface area contributed by atoms with Gasteiger partial charge in [0.1, 0.15) is 23.7 Å². The van der Waals surface area contributed by atoms with E-state index in [4.69, 9.17) is 0 Å². The smallest absolute Gasteiger partial charge is 0.254 e. The summed E-state index contributed by atoms with van der Waals surface area (Å²) < 4.78 is 0. The molecule has 2 rings (SSSR count). The van der Waals surface area contributed by atoms with Crippen LogP contribution in [0.3, 0.4) is 0 Å². The summed E-state index contributed by atoms with van der Waals surface area (Å²) in [7, 11) is 1.45. The zero-order chi connectivity index (χ0) is 15.4. The second kappa shape index (κ2) is 6.17. The van der Waals surface area contributed by atoms with Crippen LogP contribution in [0.4, 0.5) is 0 Å². The second-order valence-corrected chi connectivity index (χ2v) is 4.57. The lowest BCUT2D eigenvalue weighted by molar-refractivity contribution is -0.124. The van der Waals surface area contributed by atoms with Crippen LogP contribution in [0.25, 0.3) is 11.0 Å². The van der Waals surface area contributed by atoms with Crippen molar-refractivity contribution in [3.05, 3.63) is 29.6 Å². The Bertz CT molecular complexity index is 693. The number of benzene rings is 1. The number of nitrogens with zero attached hydrogens (tertiary/aromatic N) is 1. The van der Waals surface area contributed by atoms with Crippen LogP contribution < -0.4 is 10.6 Å². The Morgan fingerprint density at radius 2 is 2.19 bits per heavy atom. The Morgan fingerprint density at radius 1 is 1.43 bits per heavy atom. The topological polar surface area (TPSA) is 104 Å². The number of imidazole rings is 1. The molecular weight excluding hydrogens is 272 g/mol. The molecular formula is C14H16N4O3. The highest BCUT2D eigenvalue weighted by Crippen LogP contribution is 2.16. The number of rotatable bonds is 5. The summed E-state index contributed by atoms with van der Waals surface area (Å²) in [6, 6.07) is 4.27. The fraction of sp³-hybridized carbons (Fsp3) is 0.286. The minimum absolute atomic E-state index is 0.0824. The van der Waals surface area contributed by atoms with Gasteiger partial charge < -0.3 is 20.4 Å². The van der Waals surface area contributed by atoms with Crippen LogP contribution in [0.1, 0.15) is 22.6 Å². The van der Waals surface area contributed by atoms with E-state index in [1.165, 1.54) is 7.05 Å². The molecule has 1 aromatic heterocycles. The fourth-order valence-corrected chi connectivity index (χ4v) is 2.08. The molecule has 7 heteroatoms. The van der Waals surface area contributed by atoms with Crippen LogP contribution in [0, 0.1) is 6.92 Å². The Balaban J connectivity index is 2.29. The van der Waals surface area contributed by atoms with E-state index in [9.17, 15) is 14.4 Å². The van der Waals surface area contributed by atoms with Crippen molar-refractivity contribution in [2.75, 3.05) is 7.05 Å². The summed E-state index contributed by atoms with van der Waals surface area (Å²) in [4.78, 5) is 41.9. The van der Waals surface area contributed by atoms with Gasteiger partial charge in [0, 0.05) is 13.5 Å². The Kier molecular flexibility index (Phi) is 4.32. The highest BCUT2D eigenvalue weighted by molar-refractivity contribution is 6.06. The van der Waals surface area contributed by atoms with Gasteiger partial charge in [0.15, 0.2) is 0 Å². The number of carbonyl (C=O) groups is 3. The Morgan fingerprint density at radius 3 is 2.86 bits per heavy atom. The van der Waals surface area contributed by atoms with Crippen LogP contribution in [-0.4, -0.2) is 41.2 Å². The maximum Gasteiger partial charge on any atom is 0.254 e. The molecule has 1 atom stereocenters. The first-order valence-electron chi connectivity index (χ1n) is 6.48. The zero-order valence-electron chi connectivity index (χ0n) is 11.8. The molecule has 7 nitrogen and oxygen atoms in total. The summed E-state index contributed by atoms with van der Waals surface area (Å²) >= 11 is 0. The molecule has 2 amide bonds. The monoisotopic (exact) mass is 288 g/mol. The van der Waals surface area contributed by atoms with Crippen molar-refractivity contribution in [3.63, 3.8) is 0 Å². The molecule has 2 aromatic rings. The third-order valence-electron chi connectivity index (χ3n) is 3.08. The minimum atomic E-state index is -0.893. The molecule has 0 saturated carbocycles. The zero-order valence-corrected chi connectivity index (χ0v) is 11.8. The summed E-state index contributed by atoms with van der Waals surface area (Å²) in [5.41, 5.74) is 1.64. The first-order valence-corrected chi connectivity index (χ1v) is 6.48. The van der Waals surface area contributed by atoms with Gasteiger partial charge in [0.05, 0.1) is 11.1 Å². The van der Waals surface area contributed by atoms with E-state index in [0.29, 0.717) is 23.2 Å². The van der Waals surface area contributed by atoms with Crippen LogP contribution in [0.15, 0.2) is 18.2 Å². The molecule has 1 aromatic carbocycles. The Labute approximate surface area is 121 Å². The van der Waals surface area contributed by atoms with E-state index in [-0.39, 0.29) is 6.42 Å². The van der Waals surface area contributed by atoms with Gasteiger partial charge in [0.25, 0.3) is 5.91 Å². The van der Waals surface area contributed by atoms with Gasteiger partial charge >= 0.3 is 0 Å². The SMILES string of the molecule is CNC(=O)C(CC=O)NC(=O)c1cccc2[nH]c(C)nc12. The molecule has 0 aliphatic carbocycles. The highest BCUT2D eigenvalue weighted by Gasteiger charge is 2.21. The molecule has 21 heavy (non-hydrogen) atoms. The molecule has 0 saturated heterocycles. The number of likely N-dealkylation sites (N-methyl/N-ethyl adjacent to an activating group) is 1. The first-order chi connectivity index (χ1) is 10.1. The minimum Gasteiger partial charge on any atom is -0.357 e. The highest BCUT2D eigenvalue weighted by atomic mass is 16.2. The molecule has 1 heterocycles. The summed E-state index contributed by atoms with van der Waals surface area (Å²) in [5.74, 6) is -0.163. The average molecular weight is 288 g/mol. The lowest BCUT2D eigenvalue weighted by Gasteiger charge is -2.14. The van der Waals surface area contributed by atoms with E-state index < -0.39 is 17.9 Å². The molecule has 0 radical (unpaired) electrons. The molecule has 0 aliphatic rings. The van der Waals surface area contributed by atoms with Gasteiger partial charge in [-0.2, -0.15) is 0 Å². The summed E-state index contributed by atoms with van der Waals surface area (Å²) in [6.07, 6.45) is 0.514. The first kappa shape index (κ1) is 14.7. The fourth-order valence-electron chi connectivity index (χ4n) is 2.08. The predicted molar refractivity (Wildman–Crippen MR) is 76.8 cm³/mol. The van der Waals surface area contributed by atoms with E-state index in [0.717, 1.165) is 5.52 Å². The number of fused-ring (bicyclic) bond motifs is 1. The number of aldehydes is 1. The van der Waals surface area contributed by atoms with Crippen molar-refractivity contribution in [1.82, 2.24) is 20.6 Å². The molecule has 0 bridgehead atoms. The molecule has 0 aliphatic heterocycles. The number of aromatic nitrogens is 2. The molecule has 110 valence electrons. The van der Waals surface area contributed by atoms with E-state index >= 15 is 0 Å². The number of H-pyrrole nitrogens is 1. The third kappa shape index (κ3) is 3.07. The normalized spacial score (nSPS) is 11.9. The third-order valence-corrected chi connectivity index (χ3v) is 3.08. The summed E-state index contributed by atoms with van der Waals surface area (Å²) in [5, 5.41) is 4.96. The van der Waals surface area contributed by atoms with Crippen molar-refractivity contribution in [2.24, 2.45) is 0 Å². The van der Waals surface area contributed by atoms with Gasteiger partial charge in [-0.05, 0) is 19.1 Å². The van der Waals surface area contributed by atoms with Crippen molar-refractivity contribution >= 4 is 29.1 Å². The van der Waals surface area contributed by atoms with Gasteiger partial charge in [-0.3, -0.25) is 9.59 Å². The van der Waals surface area contributed by atoms with E-state index in [2.05, 4.69) is 20.6 Å². The van der Waals surface area contributed by atoms with Gasteiger partial charge in [0.2, 0.25) is 5.91 Å². The van der Waals surface area contributed by atoms with E-state index in [1.807, 2.05) is 6.07 Å². The number of para-hydroxylation sites is 1. The Hall–Kier alpha value is -2.70. The second-order valence-electron chi connectivity index (χ2n) is 4.57. The van der Waals surface area contributed by atoms with Gasteiger partial charge in [-0.15, -0.1) is 0 Å². The molecule has 0 fully saturated rings. The molecule has 0 spiro atoms. The molecule has 1 unspecified atom stereocenters. The number of aromatic amines is 1. The largest absolute Gasteiger partial charge is 0.357 e. The number of amides is 2. The maximum absolute atomic E-state index is 12.3. The lowest BCUT2D eigenvalue weighted by Crippen LogP contribution is -2.45. The average Bonchev–Trinajstić information content (AvgIpc) is 2.85. The standard InChI is InChI=1S/C14H16N4O3/c1-8-16-10-5-3-4-9(12(10)17-8)13(20)18-11(6-7-19)14(21)15-2/h3-5,7,11H,6H2,1-2H3,(H,15,21)(H,16,17)(H,18,20). The van der Waals surface area contributed by atoms with Crippen molar-refractivity contribution in [1.29, 1.82) is 0 Å². The summed E-state index contributed by atoms with van der Waals surface area (Å²) in [6.45, 7) is 1.79. The number of hydrogen-bond acceptors (Lipinski definition) is 4. The van der Waals surface area contributed by atoms with Crippen molar-refractivity contribution < 1.29 is 14.4 Å². The number of carbonyl (C=O) groups excluding carboxylic acids is 3. The maximum atomic E-state index is 12.3.